The molecule has 0 N–H and O–H groups in total. The Bertz CT molecular complexity index is 894. The third kappa shape index (κ3) is 3.10. The molecule has 0 spiro atoms. The van der Waals surface area contributed by atoms with Crippen LogP contribution in [-0.4, -0.2) is 24.4 Å². The number of rotatable bonds is 5. The quantitative estimate of drug-likeness (QED) is 0.448. The lowest BCUT2D eigenvalue weighted by Gasteiger charge is -2.30. The molecule has 1 aliphatic rings. The summed E-state index contributed by atoms with van der Waals surface area (Å²) in [6.07, 6.45) is 3.12. The number of allylic oxidation sites excluding steroid dienone is 2. The fourth-order valence-corrected chi connectivity index (χ4v) is 5.70. The molecule has 2 aromatic carbocycles. The number of benzene rings is 2. The van der Waals surface area contributed by atoms with Crippen LogP contribution in [0.4, 0.5) is 0 Å². The molecule has 5 nitrogen and oxygen atoms in total. The van der Waals surface area contributed by atoms with Crippen LogP contribution in [0.25, 0.3) is 5.31 Å². The van der Waals surface area contributed by atoms with E-state index in [-0.39, 0.29) is 10.6 Å². The largest absolute Gasteiger partial charge is 0.337 e. The number of hydrogen-bond acceptors (Lipinski definition) is 4. The Hall–Kier alpha value is -2.46. The summed E-state index contributed by atoms with van der Waals surface area (Å²) in [6, 6.07) is 19.0. The molecule has 2 aromatic rings. The Balaban J connectivity index is 2.38. The Kier molecular flexibility index (Phi) is 5.00. The molecule has 0 aromatic heterocycles. The molecule has 0 bridgehead atoms. The number of nitrogens with zero attached hydrogens (tertiary/aromatic N) is 1. The second-order valence-electron chi connectivity index (χ2n) is 5.39. The SMILES string of the molecule is COP1(OC)=C(c2ccccc2)C=C([N+](=O)[O-])C=C1c1ccccc1. The van der Waals surface area contributed by atoms with Crippen molar-refractivity contribution in [3.8, 4) is 0 Å². The third-order valence-corrected chi connectivity index (χ3v) is 7.14. The van der Waals surface area contributed by atoms with Crippen LogP contribution >= 0.6 is 7.34 Å². The van der Waals surface area contributed by atoms with Crippen LogP contribution in [0.1, 0.15) is 11.1 Å². The third-order valence-electron chi connectivity index (χ3n) is 4.07. The van der Waals surface area contributed by atoms with Gasteiger partial charge in [0.05, 0.1) is 4.92 Å². The van der Waals surface area contributed by atoms with Crippen molar-refractivity contribution in [1.82, 2.24) is 0 Å². The van der Waals surface area contributed by atoms with Crippen LogP contribution in [0.5, 0.6) is 0 Å². The van der Waals surface area contributed by atoms with E-state index in [9.17, 15) is 10.1 Å². The van der Waals surface area contributed by atoms with Gasteiger partial charge in [-0.2, -0.15) is 0 Å². The van der Waals surface area contributed by atoms with E-state index in [1.165, 1.54) is 0 Å². The fourth-order valence-electron chi connectivity index (χ4n) is 2.92. The Morgan fingerprint density at radius 1 is 0.840 bits per heavy atom. The van der Waals surface area contributed by atoms with E-state index >= 15 is 0 Å². The standard InChI is InChI=1S/C19H18NO4P/c1-23-25(24-2)18(15-9-5-3-6-10-15)13-17(20(21)22)14-19(25)16-11-7-4-8-12-16/h3-14H,1-2H3. The van der Waals surface area contributed by atoms with Gasteiger partial charge in [-0.05, 0) is 11.1 Å². The van der Waals surface area contributed by atoms with Crippen LogP contribution in [0.3, 0.4) is 0 Å². The van der Waals surface area contributed by atoms with E-state index < -0.39 is 7.34 Å². The Morgan fingerprint density at radius 2 is 1.36 bits per heavy atom. The normalized spacial score (nSPS) is 16.2. The summed E-state index contributed by atoms with van der Waals surface area (Å²) in [4.78, 5) is 11.1. The number of hydrogen-bond donors (Lipinski definition) is 0. The van der Waals surface area contributed by atoms with Crippen LogP contribution in [0, 0.1) is 10.1 Å². The first-order chi connectivity index (χ1) is 12.1. The van der Waals surface area contributed by atoms with Crippen molar-refractivity contribution in [1.29, 1.82) is 0 Å². The van der Waals surface area contributed by atoms with Gasteiger partial charge in [-0.3, -0.25) is 10.1 Å². The summed E-state index contributed by atoms with van der Waals surface area (Å²) in [6.45, 7) is 0. The molecule has 25 heavy (non-hydrogen) atoms. The first-order valence-corrected chi connectivity index (χ1v) is 9.32. The zero-order valence-electron chi connectivity index (χ0n) is 14.0. The molecule has 6 heteroatoms. The van der Waals surface area contributed by atoms with E-state index in [2.05, 4.69) is 0 Å². The Labute approximate surface area is 146 Å². The highest BCUT2D eigenvalue weighted by Gasteiger charge is 2.35. The molecule has 1 heterocycles. The summed E-state index contributed by atoms with van der Waals surface area (Å²) in [7, 11) is 0.474. The molecule has 0 saturated heterocycles. The first-order valence-electron chi connectivity index (χ1n) is 7.69. The summed E-state index contributed by atoms with van der Waals surface area (Å²) in [5.74, 6) is 0. The fraction of sp³-hybridized carbons (Fsp3) is 0.105. The lowest BCUT2D eigenvalue weighted by atomic mass is 10.1. The molecule has 0 radical (unpaired) electrons. The molecule has 0 fully saturated rings. The average Bonchev–Trinajstić information content (AvgIpc) is 2.68. The van der Waals surface area contributed by atoms with Gasteiger partial charge in [0.1, 0.15) is 0 Å². The van der Waals surface area contributed by atoms with Gasteiger partial charge in [-0.15, -0.1) is 0 Å². The predicted molar refractivity (Wildman–Crippen MR) is 101 cm³/mol. The maximum Gasteiger partial charge on any atom is 0.271 e. The molecule has 128 valence electrons. The summed E-state index contributed by atoms with van der Waals surface area (Å²) in [5.41, 5.74) is 1.71. The zero-order chi connectivity index (χ0) is 17.9. The van der Waals surface area contributed by atoms with Gasteiger partial charge in [0, 0.05) is 37.0 Å². The second-order valence-corrected chi connectivity index (χ2v) is 8.19. The van der Waals surface area contributed by atoms with Crippen LogP contribution in [-0.2, 0) is 9.05 Å². The maximum absolute atomic E-state index is 11.5. The van der Waals surface area contributed by atoms with Crippen molar-refractivity contribution in [3.05, 3.63) is 99.8 Å². The maximum atomic E-state index is 11.5. The van der Waals surface area contributed by atoms with Crippen LogP contribution in [0.2, 0.25) is 0 Å². The van der Waals surface area contributed by atoms with Gasteiger partial charge in [0.2, 0.25) is 0 Å². The zero-order valence-corrected chi connectivity index (χ0v) is 14.9. The summed E-state index contributed by atoms with van der Waals surface area (Å²) >= 11 is 0. The highest BCUT2D eigenvalue weighted by atomic mass is 31.2. The van der Waals surface area contributed by atoms with Crippen molar-refractivity contribution in [2.75, 3.05) is 14.2 Å². The van der Waals surface area contributed by atoms with Crippen molar-refractivity contribution in [2.24, 2.45) is 0 Å². The second kappa shape index (κ2) is 7.19. The minimum atomic E-state index is -2.70. The lowest BCUT2D eigenvalue weighted by molar-refractivity contribution is -0.418. The van der Waals surface area contributed by atoms with Crippen molar-refractivity contribution >= 4 is 17.9 Å². The van der Waals surface area contributed by atoms with E-state index in [1.54, 1.807) is 26.4 Å². The summed E-state index contributed by atoms with van der Waals surface area (Å²) in [5, 5.41) is 12.9. The van der Waals surface area contributed by atoms with E-state index in [0.29, 0.717) is 10.6 Å². The van der Waals surface area contributed by atoms with Crippen molar-refractivity contribution < 1.29 is 14.0 Å². The average molecular weight is 355 g/mol. The van der Waals surface area contributed by atoms with Crippen LogP contribution < -0.4 is 0 Å². The summed E-state index contributed by atoms with van der Waals surface area (Å²) < 4.78 is 11.8. The molecular formula is C19H18NO4P. The van der Waals surface area contributed by atoms with Gasteiger partial charge < -0.3 is 9.05 Å². The molecule has 3 rings (SSSR count). The first kappa shape index (κ1) is 17.4. The van der Waals surface area contributed by atoms with Gasteiger partial charge in [-0.25, -0.2) is 0 Å². The van der Waals surface area contributed by atoms with Crippen LogP contribution in [0.15, 0.2) is 78.5 Å². The van der Waals surface area contributed by atoms with Crippen molar-refractivity contribution in [2.45, 2.75) is 0 Å². The number of nitro groups is 1. The topological polar surface area (TPSA) is 61.6 Å². The molecular weight excluding hydrogens is 337 g/mol. The highest BCUT2D eigenvalue weighted by Crippen LogP contribution is 2.64. The molecule has 0 aliphatic carbocycles. The molecule has 0 saturated carbocycles. The molecule has 0 atom stereocenters. The van der Waals surface area contributed by atoms with E-state index in [1.807, 2.05) is 60.7 Å². The predicted octanol–water partition coefficient (Wildman–Crippen LogP) is 4.56. The molecule has 0 amide bonds. The monoisotopic (exact) mass is 355 g/mol. The highest BCUT2D eigenvalue weighted by molar-refractivity contribution is 7.78. The minimum Gasteiger partial charge on any atom is -0.337 e. The van der Waals surface area contributed by atoms with E-state index in [0.717, 1.165) is 11.1 Å². The molecule has 1 aliphatic heterocycles. The molecule has 0 unspecified atom stereocenters. The van der Waals surface area contributed by atoms with E-state index in [4.69, 9.17) is 9.05 Å². The van der Waals surface area contributed by atoms with Gasteiger partial charge in [-0.1, -0.05) is 60.7 Å². The minimum absolute atomic E-state index is 0.0161. The van der Waals surface area contributed by atoms with Gasteiger partial charge in [0.15, 0.2) is 7.34 Å². The smallest absolute Gasteiger partial charge is 0.271 e. The Morgan fingerprint density at radius 3 is 1.84 bits per heavy atom. The van der Waals surface area contributed by atoms with Gasteiger partial charge >= 0.3 is 0 Å². The lowest BCUT2D eigenvalue weighted by Crippen LogP contribution is -2.13. The van der Waals surface area contributed by atoms with Crippen molar-refractivity contribution in [3.63, 3.8) is 0 Å². The van der Waals surface area contributed by atoms with Gasteiger partial charge in [0.25, 0.3) is 5.70 Å².